The van der Waals surface area contributed by atoms with Crippen LogP contribution in [0.1, 0.15) is 16.8 Å². The number of methoxy groups -OCH3 is 1. The molecule has 1 aromatic rings. The summed E-state index contributed by atoms with van der Waals surface area (Å²) in [5.74, 6) is -1.28. The van der Waals surface area contributed by atoms with Gasteiger partial charge in [-0.15, -0.1) is 0 Å². The first-order valence-electron chi connectivity index (χ1n) is 8.22. The van der Waals surface area contributed by atoms with Gasteiger partial charge in [-0.05, 0) is 30.4 Å². The Bertz CT molecular complexity index is 730. The quantitative estimate of drug-likeness (QED) is 0.371. The van der Waals surface area contributed by atoms with Crippen LogP contribution >= 0.6 is 28.1 Å². The van der Waals surface area contributed by atoms with Gasteiger partial charge in [-0.3, -0.25) is 19.7 Å². The van der Waals surface area contributed by atoms with E-state index in [0.29, 0.717) is 18.7 Å². The van der Waals surface area contributed by atoms with Crippen LogP contribution in [0.5, 0.6) is 0 Å². The number of amides is 2. The van der Waals surface area contributed by atoms with E-state index >= 15 is 0 Å². The first-order valence-corrected chi connectivity index (χ1v) is 9.42. The molecule has 2 amide bonds. The molecule has 0 bridgehead atoms. The molecule has 1 unspecified atom stereocenters. The number of hydrogen-bond donors (Lipinski definition) is 2. The van der Waals surface area contributed by atoms with E-state index < -0.39 is 17.9 Å². The lowest BCUT2D eigenvalue weighted by molar-refractivity contribution is -0.148. The summed E-state index contributed by atoms with van der Waals surface area (Å²) >= 11 is 8.61. The summed E-state index contributed by atoms with van der Waals surface area (Å²) in [6, 6.07) is 6.00. The van der Waals surface area contributed by atoms with Gasteiger partial charge >= 0.3 is 5.97 Å². The monoisotopic (exact) mass is 457 g/mol. The highest BCUT2D eigenvalue weighted by atomic mass is 79.9. The summed E-state index contributed by atoms with van der Waals surface area (Å²) in [5.41, 5.74) is 0.420. The van der Waals surface area contributed by atoms with E-state index in [0.717, 1.165) is 4.47 Å². The molecule has 1 saturated heterocycles. The van der Waals surface area contributed by atoms with Gasteiger partial charge in [0.15, 0.2) is 5.11 Å². The number of benzene rings is 1. The number of carbonyl (C=O) groups is 3. The molecule has 1 fully saturated rings. The maximum Gasteiger partial charge on any atom is 0.308 e. The van der Waals surface area contributed by atoms with Crippen molar-refractivity contribution in [2.75, 3.05) is 33.4 Å². The Morgan fingerprint density at radius 2 is 2.19 bits per heavy atom. The molecule has 27 heavy (non-hydrogen) atoms. The van der Waals surface area contributed by atoms with Crippen molar-refractivity contribution in [3.8, 4) is 0 Å². The molecule has 0 spiro atoms. The Kier molecular flexibility index (Phi) is 8.14. The van der Waals surface area contributed by atoms with Crippen molar-refractivity contribution in [3.05, 3.63) is 34.3 Å². The summed E-state index contributed by atoms with van der Waals surface area (Å²) in [7, 11) is 1.50. The van der Waals surface area contributed by atoms with Crippen LogP contribution in [0.2, 0.25) is 0 Å². The number of piperazine rings is 1. The molecule has 1 atom stereocenters. The summed E-state index contributed by atoms with van der Waals surface area (Å²) in [6.45, 7) is 1.11. The van der Waals surface area contributed by atoms with Gasteiger partial charge in [0.1, 0.15) is 12.6 Å². The van der Waals surface area contributed by atoms with Crippen LogP contribution in [-0.4, -0.2) is 67.3 Å². The van der Waals surface area contributed by atoms with Gasteiger partial charge < -0.3 is 19.7 Å². The van der Waals surface area contributed by atoms with E-state index in [4.69, 9.17) is 21.7 Å². The lowest BCUT2D eigenvalue weighted by Gasteiger charge is -2.36. The average molecular weight is 458 g/mol. The topological polar surface area (TPSA) is 97.0 Å². The fourth-order valence-corrected chi connectivity index (χ4v) is 3.20. The van der Waals surface area contributed by atoms with E-state index in [2.05, 4.69) is 26.6 Å². The number of nitrogens with zero attached hydrogens (tertiary/aromatic N) is 1. The van der Waals surface area contributed by atoms with Crippen LogP contribution in [0.15, 0.2) is 28.7 Å². The molecule has 0 aromatic heterocycles. The summed E-state index contributed by atoms with van der Waals surface area (Å²) in [4.78, 5) is 38.1. The standard InChI is InChI=1S/C17H20BrN3O5S/c1-25-7-8-26-14(22)10-13-16(24)19-5-6-21(13)17(27)20-15(23)11-3-2-4-12(18)9-11/h2-4,9,13H,5-8,10H2,1H3,(H,19,24)(H,20,23,27). The van der Waals surface area contributed by atoms with Crippen LogP contribution in [0.4, 0.5) is 0 Å². The molecular weight excluding hydrogens is 438 g/mol. The van der Waals surface area contributed by atoms with Gasteiger partial charge in [0.2, 0.25) is 5.91 Å². The number of nitrogens with one attached hydrogen (secondary N) is 2. The zero-order valence-electron chi connectivity index (χ0n) is 14.7. The van der Waals surface area contributed by atoms with Crippen molar-refractivity contribution < 1.29 is 23.9 Å². The minimum Gasteiger partial charge on any atom is -0.463 e. The molecule has 0 radical (unpaired) electrons. The molecular formula is C17H20BrN3O5S. The summed E-state index contributed by atoms with van der Waals surface area (Å²) in [5, 5.41) is 5.39. The molecule has 0 aliphatic carbocycles. The zero-order chi connectivity index (χ0) is 19.8. The molecule has 146 valence electrons. The average Bonchev–Trinajstić information content (AvgIpc) is 2.63. The molecule has 1 aliphatic heterocycles. The minimum absolute atomic E-state index is 0.0875. The number of hydrogen-bond acceptors (Lipinski definition) is 6. The molecule has 8 nitrogen and oxygen atoms in total. The normalized spacial score (nSPS) is 16.4. The highest BCUT2D eigenvalue weighted by Gasteiger charge is 2.34. The molecule has 0 saturated carbocycles. The Hall–Kier alpha value is -2.04. The smallest absolute Gasteiger partial charge is 0.308 e. The second kappa shape index (κ2) is 10.3. The van der Waals surface area contributed by atoms with E-state index in [-0.39, 0.29) is 30.7 Å². The van der Waals surface area contributed by atoms with Crippen molar-refractivity contribution in [1.82, 2.24) is 15.5 Å². The molecule has 2 N–H and O–H groups in total. The van der Waals surface area contributed by atoms with Crippen LogP contribution < -0.4 is 10.6 Å². The second-order valence-electron chi connectivity index (χ2n) is 5.69. The highest BCUT2D eigenvalue weighted by molar-refractivity contribution is 9.10. The van der Waals surface area contributed by atoms with Crippen LogP contribution in [0.3, 0.4) is 0 Å². The molecule has 1 heterocycles. The number of ether oxygens (including phenoxy) is 2. The highest BCUT2D eigenvalue weighted by Crippen LogP contribution is 2.13. The Morgan fingerprint density at radius 1 is 1.41 bits per heavy atom. The minimum atomic E-state index is -0.843. The van der Waals surface area contributed by atoms with E-state index in [1.807, 2.05) is 0 Å². The van der Waals surface area contributed by atoms with Gasteiger partial charge in [-0.1, -0.05) is 22.0 Å². The van der Waals surface area contributed by atoms with Crippen molar-refractivity contribution in [2.24, 2.45) is 0 Å². The number of carbonyl (C=O) groups excluding carboxylic acids is 3. The van der Waals surface area contributed by atoms with Gasteiger partial charge in [-0.2, -0.15) is 0 Å². The number of esters is 1. The third kappa shape index (κ3) is 6.26. The first kappa shape index (κ1) is 21.3. The van der Waals surface area contributed by atoms with Gasteiger partial charge in [-0.25, -0.2) is 0 Å². The van der Waals surface area contributed by atoms with Crippen molar-refractivity contribution in [2.45, 2.75) is 12.5 Å². The molecule has 1 aliphatic rings. The number of halogens is 1. The van der Waals surface area contributed by atoms with Crippen molar-refractivity contribution in [1.29, 1.82) is 0 Å². The number of thiocarbonyl (C=S) groups is 1. The predicted molar refractivity (Wildman–Crippen MR) is 105 cm³/mol. The summed E-state index contributed by atoms with van der Waals surface area (Å²) < 4.78 is 10.6. The third-order valence-electron chi connectivity index (χ3n) is 3.81. The van der Waals surface area contributed by atoms with Gasteiger partial charge in [0.25, 0.3) is 5.91 Å². The lowest BCUT2D eigenvalue weighted by Crippen LogP contribution is -2.60. The largest absolute Gasteiger partial charge is 0.463 e. The molecule has 10 heteroatoms. The Balaban J connectivity index is 2.01. The third-order valence-corrected chi connectivity index (χ3v) is 4.64. The van der Waals surface area contributed by atoms with Gasteiger partial charge in [0.05, 0.1) is 13.0 Å². The SMILES string of the molecule is COCCOC(=O)CC1C(=O)NCCN1C(=S)NC(=O)c1cccc(Br)c1. The molecule has 2 rings (SSSR count). The van der Waals surface area contributed by atoms with Crippen molar-refractivity contribution >= 4 is 51.0 Å². The Morgan fingerprint density at radius 3 is 2.89 bits per heavy atom. The summed E-state index contributed by atoms with van der Waals surface area (Å²) in [6.07, 6.45) is -0.178. The van der Waals surface area contributed by atoms with Crippen molar-refractivity contribution in [3.63, 3.8) is 0 Å². The van der Waals surface area contributed by atoms with E-state index in [9.17, 15) is 14.4 Å². The van der Waals surface area contributed by atoms with Crippen LogP contribution in [-0.2, 0) is 19.1 Å². The predicted octanol–water partition coefficient (Wildman–Crippen LogP) is 0.844. The van der Waals surface area contributed by atoms with E-state index in [1.165, 1.54) is 12.0 Å². The van der Waals surface area contributed by atoms with E-state index in [1.54, 1.807) is 24.3 Å². The van der Waals surface area contributed by atoms with Crippen LogP contribution in [0, 0.1) is 0 Å². The first-order chi connectivity index (χ1) is 12.9. The Labute approximate surface area is 170 Å². The van der Waals surface area contributed by atoms with Gasteiger partial charge in [0, 0.05) is 30.2 Å². The maximum atomic E-state index is 12.4. The maximum absolute atomic E-state index is 12.4. The lowest BCUT2D eigenvalue weighted by atomic mass is 10.1. The fourth-order valence-electron chi connectivity index (χ4n) is 2.49. The number of rotatable bonds is 6. The second-order valence-corrected chi connectivity index (χ2v) is 6.99. The van der Waals surface area contributed by atoms with Crippen LogP contribution in [0.25, 0.3) is 0 Å². The zero-order valence-corrected chi connectivity index (χ0v) is 17.1. The molecule has 1 aromatic carbocycles. The fraction of sp³-hybridized carbons (Fsp3) is 0.412.